The summed E-state index contributed by atoms with van der Waals surface area (Å²) in [6, 6.07) is 7.22. The van der Waals surface area contributed by atoms with E-state index in [9.17, 15) is 5.11 Å². The Morgan fingerprint density at radius 3 is 2.59 bits per heavy atom. The lowest BCUT2D eigenvalue weighted by atomic mass is 10.1. The summed E-state index contributed by atoms with van der Waals surface area (Å²) in [7, 11) is 0. The fourth-order valence-electron chi connectivity index (χ4n) is 1.88. The average Bonchev–Trinajstić information content (AvgIpc) is 2.38. The summed E-state index contributed by atoms with van der Waals surface area (Å²) < 4.78 is 10.9. The van der Waals surface area contributed by atoms with Gasteiger partial charge in [-0.3, -0.25) is 0 Å². The van der Waals surface area contributed by atoms with E-state index in [4.69, 9.17) is 15.2 Å². The standard InChI is InChI=1S/C13H19NO3/c14-11-3-1-10(2-4-11)13(15)9-17-12-5-7-16-8-6-12/h1-4,12-13,15H,5-9,14H2. The minimum absolute atomic E-state index is 0.215. The van der Waals surface area contributed by atoms with Gasteiger partial charge in [-0.25, -0.2) is 0 Å². The summed E-state index contributed by atoms with van der Waals surface area (Å²) in [6.45, 7) is 1.83. The first kappa shape index (κ1) is 12.4. The predicted molar refractivity (Wildman–Crippen MR) is 65.6 cm³/mol. The van der Waals surface area contributed by atoms with E-state index >= 15 is 0 Å². The van der Waals surface area contributed by atoms with Gasteiger partial charge in [0.25, 0.3) is 0 Å². The molecule has 4 nitrogen and oxygen atoms in total. The quantitative estimate of drug-likeness (QED) is 0.779. The molecular formula is C13H19NO3. The molecule has 0 amide bonds. The summed E-state index contributed by atoms with van der Waals surface area (Å²) in [4.78, 5) is 0. The van der Waals surface area contributed by atoms with Gasteiger partial charge >= 0.3 is 0 Å². The second-order valence-electron chi connectivity index (χ2n) is 4.33. The van der Waals surface area contributed by atoms with Gasteiger partial charge in [0.05, 0.1) is 12.7 Å². The van der Waals surface area contributed by atoms with Crippen LogP contribution in [0.1, 0.15) is 24.5 Å². The second-order valence-corrected chi connectivity index (χ2v) is 4.33. The third-order valence-corrected chi connectivity index (χ3v) is 2.98. The van der Waals surface area contributed by atoms with Gasteiger partial charge in [0, 0.05) is 18.9 Å². The molecule has 94 valence electrons. The topological polar surface area (TPSA) is 64.7 Å². The maximum Gasteiger partial charge on any atom is 0.102 e. The van der Waals surface area contributed by atoms with Crippen LogP contribution in [0.5, 0.6) is 0 Å². The molecule has 1 heterocycles. The molecule has 1 unspecified atom stereocenters. The van der Waals surface area contributed by atoms with Crippen LogP contribution >= 0.6 is 0 Å². The van der Waals surface area contributed by atoms with Gasteiger partial charge < -0.3 is 20.3 Å². The summed E-state index contributed by atoms with van der Waals surface area (Å²) in [5, 5.41) is 9.94. The lowest BCUT2D eigenvalue weighted by Gasteiger charge is -2.23. The maximum atomic E-state index is 9.94. The van der Waals surface area contributed by atoms with Gasteiger partial charge in [0.15, 0.2) is 0 Å². The number of ether oxygens (including phenoxy) is 2. The van der Waals surface area contributed by atoms with Gasteiger partial charge in [-0.15, -0.1) is 0 Å². The molecule has 1 aliphatic rings. The Hall–Kier alpha value is -1.10. The van der Waals surface area contributed by atoms with Crippen LogP contribution in [0.15, 0.2) is 24.3 Å². The van der Waals surface area contributed by atoms with Crippen LogP contribution in [-0.2, 0) is 9.47 Å². The van der Waals surface area contributed by atoms with E-state index in [1.165, 1.54) is 0 Å². The maximum absolute atomic E-state index is 9.94. The number of nitrogens with two attached hydrogens (primary N) is 1. The number of rotatable bonds is 4. The first-order valence-electron chi connectivity index (χ1n) is 5.98. The van der Waals surface area contributed by atoms with Gasteiger partial charge in [-0.1, -0.05) is 12.1 Å². The lowest BCUT2D eigenvalue weighted by molar-refractivity contribution is -0.0598. The number of nitrogen functional groups attached to an aromatic ring is 1. The molecule has 0 aromatic heterocycles. The zero-order valence-electron chi connectivity index (χ0n) is 9.84. The summed E-state index contributed by atoms with van der Waals surface area (Å²) in [6.07, 6.45) is 1.45. The van der Waals surface area contributed by atoms with Crippen molar-refractivity contribution in [2.45, 2.75) is 25.0 Å². The van der Waals surface area contributed by atoms with Crippen LogP contribution in [0.2, 0.25) is 0 Å². The number of benzene rings is 1. The van der Waals surface area contributed by atoms with Crippen molar-refractivity contribution in [1.82, 2.24) is 0 Å². The number of hydrogen-bond donors (Lipinski definition) is 2. The highest BCUT2D eigenvalue weighted by molar-refractivity contribution is 5.39. The van der Waals surface area contributed by atoms with Crippen molar-refractivity contribution >= 4 is 5.69 Å². The molecular weight excluding hydrogens is 218 g/mol. The molecule has 0 bridgehead atoms. The number of aliphatic hydroxyl groups excluding tert-OH is 1. The Morgan fingerprint density at radius 2 is 1.94 bits per heavy atom. The van der Waals surface area contributed by atoms with Crippen molar-refractivity contribution in [1.29, 1.82) is 0 Å². The van der Waals surface area contributed by atoms with E-state index in [1.54, 1.807) is 12.1 Å². The Labute approximate surface area is 101 Å². The Morgan fingerprint density at radius 1 is 1.29 bits per heavy atom. The first-order chi connectivity index (χ1) is 8.25. The summed E-state index contributed by atoms with van der Waals surface area (Å²) >= 11 is 0. The fourth-order valence-corrected chi connectivity index (χ4v) is 1.88. The molecule has 1 saturated heterocycles. The van der Waals surface area contributed by atoms with E-state index in [2.05, 4.69) is 0 Å². The number of anilines is 1. The third-order valence-electron chi connectivity index (χ3n) is 2.98. The molecule has 1 fully saturated rings. The van der Waals surface area contributed by atoms with Crippen LogP contribution in [0.3, 0.4) is 0 Å². The summed E-state index contributed by atoms with van der Waals surface area (Å²) in [5.41, 5.74) is 7.13. The van der Waals surface area contributed by atoms with Gasteiger partial charge in [0.1, 0.15) is 6.10 Å². The number of hydrogen-bond acceptors (Lipinski definition) is 4. The van der Waals surface area contributed by atoms with Crippen molar-refractivity contribution in [3.63, 3.8) is 0 Å². The molecule has 1 aromatic rings. The molecule has 0 spiro atoms. The molecule has 1 aliphatic heterocycles. The number of aliphatic hydroxyl groups is 1. The van der Waals surface area contributed by atoms with Crippen LogP contribution in [0, 0.1) is 0 Å². The molecule has 3 N–H and O–H groups in total. The first-order valence-corrected chi connectivity index (χ1v) is 5.98. The van der Waals surface area contributed by atoms with E-state index in [1.807, 2.05) is 12.1 Å². The van der Waals surface area contributed by atoms with E-state index < -0.39 is 6.10 Å². The molecule has 2 rings (SSSR count). The molecule has 1 aromatic carbocycles. The monoisotopic (exact) mass is 237 g/mol. The molecule has 4 heteroatoms. The molecule has 1 atom stereocenters. The third kappa shape index (κ3) is 3.70. The highest BCUT2D eigenvalue weighted by Crippen LogP contribution is 2.18. The lowest BCUT2D eigenvalue weighted by Crippen LogP contribution is -2.25. The summed E-state index contributed by atoms with van der Waals surface area (Å²) in [5.74, 6) is 0. The minimum atomic E-state index is -0.585. The predicted octanol–water partition coefficient (Wildman–Crippen LogP) is 1.50. The zero-order valence-corrected chi connectivity index (χ0v) is 9.84. The van der Waals surface area contributed by atoms with Crippen molar-refractivity contribution in [3.8, 4) is 0 Å². The molecule has 0 radical (unpaired) electrons. The fraction of sp³-hybridized carbons (Fsp3) is 0.538. The van der Waals surface area contributed by atoms with Gasteiger partial charge in [0.2, 0.25) is 0 Å². The van der Waals surface area contributed by atoms with E-state index in [-0.39, 0.29) is 6.10 Å². The SMILES string of the molecule is Nc1ccc(C(O)COC2CCOCC2)cc1. The Kier molecular flexibility index (Phi) is 4.36. The van der Waals surface area contributed by atoms with Crippen molar-refractivity contribution < 1.29 is 14.6 Å². The largest absolute Gasteiger partial charge is 0.399 e. The Balaban J connectivity index is 1.80. The van der Waals surface area contributed by atoms with E-state index in [0.717, 1.165) is 31.6 Å². The van der Waals surface area contributed by atoms with Crippen molar-refractivity contribution in [2.75, 3.05) is 25.6 Å². The second kappa shape index (κ2) is 6.00. The smallest absolute Gasteiger partial charge is 0.102 e. The van der Waals surface area contributed by atoms with Crippen molar-refractivity contribution in [3.05, 3.63) is 29.8 Å². The van der Waals surface area contributed by atoms with Crippen molar-refractivity contribution in [2.24, 2.45) is 0 Å². The highest BCUT2D eigenvalue weighted by Gasteiger charge is 2.16. The van der Waals surface area contributed by atoms with Gasteiger partial charge in [-0.2, -0.15) is 0 Å². The normalized spacial score (nSPS) is 19.1. The van der Waals surface area contributed by atoms with E-state index in [0.29, 0.717) is 12.3 Å². The Bertz CT molecular complexity index is 333. The van der Waals surface area contributed by atoms with Crippen LogP contribution in [-0.4, -0.2) is 31.0 Å². The minimum Gasteiger partial charge on any atom is -0.399 e. The van der Waals surface area contributed by atoms with Gasteiger partial charge in [-0.05, 0) is 30.5 Å². The highest BCUT2D eigenvalue weighted by atomic mass is 16.5. The van der Waals surface area contributed by atoms with Crippen LogP contribution in [0.4, 0.5) is 5.69 Å². The van der Waals surface area contributed by atoms with Crippen LogP contribution in [0.25, 0.3) is 0 Å². The van der Waals surface area contributed by atoms with Crippen LogP contribution < -0.4 is 5.73 Å². The average molecular weight is 237 g/mol. The molecule has 0 aliphatic carbocycles. The zero-order chi connectivity index (χ0) is 12.1. The molecule has 0 saturated carbocycles. The molecule has 17 heavy (non-hydrogen) atoms.